The molecule has 12 nitrogen and oxygen atoms in total. The van der Waals surface area contributed by atoms with E-state index in [4.69, 9.17) is 83.2 Å². The second kappa shape index (κ2) is 18.7. The Bertz CT molecular complexity index is 734. The Balaban J connectivity index is 2.59. The Morgan fingerprint density at radius 2 is 0.857 bits per heavy atom. The number of nitrogens with zero attached hydrogens (tertiary/aromatic N) is 3. The third-order valence-corrected chi connectivity index (χ3v) is 14.6. The number of halogens is 4. The minimum Gasteiger partial charge on any atom is -0.377 e. The topological polar surface area (TPSA) is 131 Å². The monoisotopic (exact) mass is 639 g/mol. The van der Waals surface area contributed by atoms with Gasteiger partial charge in [-0.2, -0.15) is 13.5 Å². The van der Waals surface area contributed by atoms with Gasteiger partial charge in [0, 0.05) is 49.7 Å². The highest BCUT2D eigenvalue weighted by Gasteiger charge is 2.38. The van der Waals surface area contributed by atoms with Gasteiger partial charge >= 0.3 is 0 Å². The molecule has 0 saturated carbocycles. The van der Waals surface area contributed by atoms with Crippen molar-refractivity contribution in [2.75, 3.05) is 103 Å². The second-order valence-corrected chi connectivity index (χ2v) is 15.7. The molecule has 0 aromatic rings. The summed E-state index contributed by atoms with van der Waals surface area (Å²) in [5.41, 5.74) is 0. The number of alkyl halides is 4. The first-order valence-electron chi connectivity index (χ1n) is 11.3. The van der Waals surface area contributed by atoms with Crippen LogP contribution in [0.2, 0.25) is 0 Å². The van der Waals surface area contributed by atoms with Crippen LogP contribution in [0.15, 0.2) is 13.5 Å². The summed E-state index contributed by atoms with van der Waals surface area (Å²) in [5, 5.41) is 13.5. The van der Waals surface area contributed by atoms with E-state index in [0.29, 0.717) is 89.3 Å². The molecule has 0 amide bonds. The molecular formula is C16H36Cl4N7O5P3. The highest BCUT2D eigenvalue weighted by Crippen LogP contribution is 2.74. The average Bonchev–Trinajstić information content (AvgIpc) is 2.86. The van der Waals surface area contributed by atoms with E-state index >= 15 is 0 Å². The van der Waals surface area contributed by atoms with Crippen LogP contribution in [-0.2, 0) is 23.3 Å². The lowest BCUT2D eigenvalue weighted by Gasteiger charge is -2.36. The Hall–Kier alpha value is 1.49. The van der Waals surface area contributed by atoms with Crippen LogP contribution in [0.1, 0.15) is 0 Å². The van der Waals surface area contributed by atoms with Gasteiger partial charge in [-0.05, 0) is 0 Å². The van der Waals surface area contributed by atoms with E-state index in [1.807, 2.05) is 0 Å². The van der Waals surface area contributed by atoms with Crippen LogP contribution in [0.4, 0.5) is 0 Å². The van der Waals surface area contributed by atoms with Gasteiger partial charge in [0.2, 0.25) is 7.51 Å². The van der Waals surface area contributed by atoms with Gasteiger partial charge in [0.15, 0.2) is 0 Å². The molecule has 35 heavy (non-hydrogen) atoms. The standard InChI is InChI=1S/C16H36Cl4N7O5P3/c17-1-5-21-33(22-6-2-18)25-34(23-7-3-19)27-35(26-33,24-8-4-20)32-16-14-30-12-10-28-9-11-29-13-15-31-34/h21-24H,1-16H2. The van der Waals surface area contributed by atoms with E-state index in [9.17, 15) is 0 Å². The molecule has 2 atom stereocenters. The van der Waals surface area contributed by atoms with E-state index < -0.39 is 22.7 Å². The molecule has 0 aromatic carbocycles. The van der Waals surface area contributed by atoms with Crippen LogP contribution in [0, 0.1) is 0 Å². The van der Waals surface area contributed by atoms with Crippen LogP contribution in [0.3, 0.4) is 0 Å². The molecule has 0 aliphatic carbocycles. The first-order chi connectivity index (χ1) is 17.1. The Morgan fingerprint density at radius 1 is 0.486 bits per heavy atom. The van der Waals surface area contributed by atoms with Gasteiger partial charge in [0.1, 0.15) is 0 Å². The third kappa shape index (κ3) is 12.0. The summed E-state index contributed by atoms with van der Waals surface area (Å²) in [7, 11) is -8.90. The molecule has 0 fully saturated rings. The molecule has 0 saturated heterocycles. The van der Waals surface area contributed by atoms with Crippen molar-refractivity contribution in [1.29, 1.82) is 0 Å². The van der Waals surface area contributed by atoms with Crippen LogP contribution in [0.25, 0.3) is 0 Å². The molecular weight excluding hydrogens is 605 g/mol. The van der Waals surface area contributed by atoms with Crippen LogP contribution >= 0.6 is 69.1 Å². The number of hydrogen-bond acceptors (Lipinski definition) is 12. The van der Waals surface area contributed by atoms with Crippen molar-refractivity contribution in [3.63, 3.8) is 0 Å². The third-order valence-electron chi connectivity index (χ3n) is 4.16. The van der Waals surface area contributed by atoms with Crippen molar-refractivity contribution in [1.82, 2.24) is 20.3 Å². The van der Waals surface area contributed by atoms with Crippen molar-refractivity contribution in [3.8, 4) is 0 Å². The molecule has 0 aromatic heterocycles. The number of nitrogens with one attached hydrogen (secondary N) is 4. The van der Waals surface area contributed by atoms with Crippen molar-refractivity contribution in [2.45, 2.75) is 0 Å². The summed E-state index contributed by atoms with van der Waals surface area (Å²) < 4.78 is 44.6. The molecule has 2 rings (SSSR count). The molecule has 2 unspecified atom stereocenters. The maximum Gasteiger partial charge on any atom is 0.280 e. The van der Waals surface area contributed by atoms with Gasteiger partial charge in [-0.1, -0.05) is 0 Å². The van der Waals surface area contributed by atoms with Crippen LogP contribution in [-0.4, -0.2) is 103 Å². The molecule has 2 aliphatic heterocycles. The predicted molar refractivity (Wildman–Crippen MR) is 147 cm³/mol. The number of fused-ring (bicyclic) bond motifs is 1. The first kappa shape index (κ1) is 32.7. The number of rotatable bonds is 12. The van der Waals surface area contributed by atoms with Gasteiger partial charge in [-0.15, -0.1) is 46.4 Å². The van der Waals surface area contributed by atoms with Gasteiger partial charge < -0.3 is 23.3 Å². The maximum absolute atomic E-state index is 6.33. The van der Waals surface area contributed by atoms with Gasteiger partial charge in [0.05, 0.1) is 52.9 Å². The van der Waals surface area contributed by atoms with Crippen LogP contribution in [0.5, 0.6) is 0 Å². The van der Waals surface area contributed by atoms with E-state index in [2.05, 4.69) is 20.3 Å². The summed E-state index contributed by atoms with van der Waals surface area (Å²) >= 11 is 24.1. The van der Waals surface area contributed by atoms with Gasteiger partial charge in [-0.3, -0.25) is 10.2 Å². The zero-order valence-electron chi connectivity index (χ0n) is 19.6. The smallest absolute Gasteiger partial charge is 0.280 e. The van der Waals surface area contributed by atoms with Crippen molar-refractivity contribution in [3.05, 3.63) is 0 Å². The van der Waals surface area contributed by atoms with Crippen LogP contribution < -0.4 is 20.3 Å². The van der Waals surface area contributed by atoms with Crippen molar-refractivity contribution >= 4 is 69.1 Å². The van der Waals surface area contributed by atoms with Gasteiger partial charge in [0.25, 0.3) is 15.2 Å². The lowest BCUT2D eigenvalue weighted by Crippen LogP contribution is -2.28. The van der Waals surface area contributed by atoms with E-state index in [-0.39, 0.29) is 13.2 Å². The molecule has 2 heterocycles. The van der Waals surface area contributed by atoms with E-state index in [0.717, 1.165) is 0 Å². The fourth-order valence-electron chi connectivity index (χ4n) is 2.83. The molecule has 208 valence electrons. The lowest BCUT2D eigenvalue weighted by atomic mass is 10.7. The molecule has 2 bridgehead atoms. The number of ether oxygens (including phenoxy) is 3. The summed E-state index contributed by atoms with van der Waals surface area (Å²) in [4.78, 5) is 0. The Labute approximate surface area is 228 Å². The average molecular weight is 641 g/mol. The summed E-state index contributed by atoms with van der Waals surface area (Å²) in [6, 6.07) is 0. The molecule has 4 N–H and O–H groups in total. The quantitative estimate of drug-likeness (QED) is 0.183. The molecule has 0 spiro atoms. The minimum absolute atomic E-state index is 0.250. The highest BCUT2D eigenvalue weighted by molar-refractivity contribution is 7.82. The summed E-state index contributed by atoms with van der Waals surface area (Å²) in [6.45, 7) is 4.73. The fourth-order valence-corrected chi connectivity index (χ4v) is 14.7. The zero-order chi connectivity index (χ0) is 25.3. The Morgan fingerprint density at radius 3 is 1.29 bits per heavy atom. The fraction of sp³-hybridized carbons (Fsp3) is 1.00. The largest absolute Gasteiger partial charge is 0.377 e. The van der Waals surface area contributed by atoms with Crippen molar-refractivity contribution in [2.24, 2.45) is 13.5 Å². The maximum atomic E-state index is 6.33. The lowest BCUT2D eigenvalue weighted by molar-refractivity contribution is 0.00533. The second-order valence-electron chi connectivity index (χ2n) is 6.85. The Kier molecular flexibility index (Phi) is 17.5. The first-order valence-corrected chi connectivity index (χ1v) is 18.3. The summed E-state index contributed by atoms with van der Waals surface area (Å²) in [5.74, 6) is 1.40. The molecule has 19 heteroatoms. The zero-order valence-corrected chi connectivity index (χ0v) is 25.3. The van der Waals surface area contributed by atoms with Gasteiger partial charge in [-0.25, -0.2) is 10.2 Å². The SMILES string of the molecule is ClCCNP1(NCCCl)=NP2(NCCCl)=NP(NCCCl)(=N1)OCCOCCOCCOCCO2. The normalized spacial score (nSPS) is 28.5. The molecule has 2 aliphatic rings. The van der Waals surface area contributed by atoms with E-state index in [1.165, 1.54) is 0 Å². The summed E-state index contributed by atoms with van der Waals surface area (Å²) in [6.07, 6.45) is 0. The molecule has 0 radical (unpaired) electrons. The highest BCUT2D eigenvalue weighted by atomic mass is 35.5. The minimum atomic E-state index is -3.03. The number of hydrogen-bond donors (Lipinski definition) is 4. The van der Waals surface area contributed by atoms with E-state index in [1.54, 1.807) is 0 Å². The predicted octanol–water partition coefficient (Wildman–Crippen LogP) is 4.25. The van der Waals surface area contributed by atoms with Crippen molar-refractivity contribution < 1.29 is 23.3 Å².